The maximum Gasteiger partial charge on any atom is 0.316 e. The molecule has 1 aromatic heterocycles. The minimum atomic E-state index is -0.863. The van der Waals surface area contributed by atoms with E-state index in [1.807, 2.05) is 0 Å². The molecule has 0 atom stereocenters. The molecule has 2 amide bonds. The average Bonchev–Trinajstić information content (AvgIpc) is 2.47. The number of carbonyl (C=O) groups excluding carboxylic acids is 2. The Morgan fingerprint density at radius 3 is 2.35 bits per heavy atom. The molecule has 20 heavy (non-hydrogen) atoms. The lowest BCUT2D eigenvalue weighted by Crippen LogP contribution is -2.35. The largest absolute Gasteiger partial charge is 0.344 e. The van der Waals surface area contributed by atoms with E-state index in [4.69, 9.17) is 0 Å². The van der Waals surface area contributed by atoms with Crippen LogP contribution in [0.3, 0.4) is 0 Å². The second-order valence-corrected chi connectivity index (χ2v) is 3.84. The minimum Gasteiger partial charge on any atom is -0.344 e. The molecule has 0 aliphatic carbocycles. The van der Waals surface area contributed by atoms with Gasteiger partial charge >= 0.3 is 11.8 Å². The third-order valence-electron chi connectivity index (χ3n) is 2.36. The van der Waals surface area contributed by atoms with E-state index >= 15 is 0 Å². The van der Waals surface area contributed by atoms with Crippen molar-refractivity contribution in [2.45, 2.75) is 6.54 Å². The van der Waals surface area contributed by atoms with Gasteiger partial charge in [0.15, 0.2) is 0 Å². The predicted octanol–water partition coefficient (Wildman–Crippen LogP) is 0.871. The van der Waals surface area contributed by atoms with Crippen molar-refractivity contribution in [3.63, 3.8) is 0 Å². The van der Waals surface area contributed by atoms with Gasteiger partial charge in [0.2, 0.25) is 5.95 Å². The van der Waals surface area contributed by atoms with Crippen LogP contribution in [0.1, 0.15) is 5.56 Å². The maximum atomic E-state index is 12.7. The Labute approximate surface area is 114 Å². The summed E-state index contributed by atoms with van der Waals surface area (Å²) in [7, 11) is 0. The van der Waals surface area contributed by atoms with Crippen LogP contribution in [0.5, 0.6) is 0 Å². The number of hydrogen-bond acceptors (Lipinski definition) is 4. The first-order valence-electron chi connectivity index (χ1n) is 5.76. The van der Waals surface area contributed by atoms with Gasteiger partial charge < -0.3 is 5.32 Å². The zero-order valence-corrected chi connectivity index (χ0v) is 10.3. The fraction of sp³-hybridized carbons (Fsp3) is 0.0769. The van der Waals surface area contributed by atoms with Crippen molar-refractivity contribution in [3.8, 4) is 0 Å². The minimum absolute atomic E-state index is 0.0504. The molecule has 6 nitrogen and oxygen atoms in total. The average molecular weight is 274 g/mol. The van der Waals surface area contributed by atoms with Gasteiger partial charge in [-0.25, -0.2) is 14.4 Å². The summed E-state index contributed by atoms with van der Waals surface area (Å²) in [5, 5.41) is 4.66. The Morgan fingerprint density at radius 2 is 1.70 bits per heavy atom. The molecule has 0 radical (unpaired) electrons. The van der Waals surface area contributed by atoms with E-state index in [1.54, 1.807) is 6.07 Å². The number of aromatic nitrogens is 2. The number of halogens is 1. The van der Waals surface area contributed by atoms with E-state index in [9.17, 15) is 14.0 Å². The molecule has 0 aliphatic rings. The Morgan fingerprint density at radius 1 is 1.05 bits per heavy atom. The number of nitrogens with zero attached hydrogens (tertiary/aromatic N) is 2. The van der Waals surface area contributed by atoms with Crippen LogP contribution in [0.2, 0.25) is 0 Å². The van der Waals surface area contributed by atoms with Crippen LogP contribution in [0.25, 0.3) is 0 Å². The van der Waals surface area contributed by atoms with Crippen LogP contribution >= 0.6 is 0 Å². The molecular formula is C13H11FN4O2. The van der Waals surface area contributed by atoms with Crippen molar-refractivity contribution in [2.75, 3.05) is 5.32 Å². The van der Waals surface area contributed by atoms with E-state index in [0.717, 1.165) is 0 Å². The van der Waals surface area contributed by atoms with E-state index in [1.165, 1.54) is 36.7 Å². The molecule has 0 spiro atoms. The third kappa shape index (κ3) is 3.84. The molecular weight excluding hydrogens is 263 g/mol. The number of carbonyl (C=O) groups is 2. The van der Waals surface area contributed by atoms with E-state index in [0.29, 0.717) is 5.56 Å². The molecule has 0 unspecified atom stereocenters. The van der Waals surface area contributed by atoms with Crippen molar-refractivity contribution in [2.24, 2.45) is 0 Å². The predicted molar refractivity (Wildman–Crippen MR) is 68.9 cm³/mol. The zero-order valence-electron chi connectivity index (χ0n) is 10.3. The fourth-order valence-electron chi connectivity index (χ4n) is 1.39. The van der Waals surface area contributed by atoms with E-state index in [2.05, 4.69) is 20.6 Å². The van der Waals surface area contributed by atoms with Crippen LogP contribution < -0.4 is 10.6 Å². The summed E-state index contributed by atoms with van der Waals surface area (Å²) in [6.45, 7) is 0.127. The number of nitrogens with one attached hydrogen (secondary N) is 2. The Balaban J connectivity index is 1.85. The smallest absolute Gasteiger partial charge is 0.316 e. The van der Waals surface area contributed by atoms with Gasteiger partial charge in [0.1, 0.15) is 5.82 Å². The molecule has 2 aromatic rings. The molecule has 0 saturated heterocycles. The van der Waals surface area contributed by atoms with Crippen LogP contribution in [0, 0.1) is 5.82 Å². The van der Waals surface area contributed by atoms with Crippen molar-refractivity contribution in [1.29, 1.82) is 0 Å². The Hall–Kier alpha value is -2.83. The highest BCUT2D eigenvalue weighted by Gasteiger charge is 2.14. The van der Waals surface area contributed by atoms with Crippen molar-refractivity contribution in [3.05, 3.63) is 54.1 Å². The summed E-state index contributed by atoms with van der Waals surface area (Å²) in [6.07, 6.45) is 2.89. The lowest BCUT2D eigenvalue weighted by Gasteiger charge is -2.05. The van der Waals surface area contributed by atoms with Gasteiger partial charge in [-0.05, 0) is 23.8 Å². The maximum absolute atomic E-state index is 12.7. The van der Waals surface area contributed by atoms with Crippen LogP contribution in [0.15, 0.2) is 42.7 Å². The van der Waals surface area contributed by atoms with Gasteiger partial charge in [0.25, 0.3) is 0 Å². The van der Waals surface area contributed by atoms with E-state index in [-0.39, 0.29) is 18.3 Å². The highest BCUT2D eigenvalue weighted by molar-refractivity contribution is 6.39. The topological polar surface area (TPSA) is 84.0 Å². The lowest BCUT2D eigenvalue weighted by atomic mass is 10.2. The molecule has 102 valence electrons. The van der Waals surface area contributed by atoms with Crippen LogP contribution in [-0.2, 0) is 16.1 Å². The third-order valence-corrected chi connectivity index (χ3v) is 2.36. The quantitative estimate of drug-likeness (QED) is 0.813. The first-order valence-corrected chi connectivity index (χ1v) is 5.76. The van der Waals surface area contributed by atoms with Crippen LogP contribution in [0.4, 0.5) is 10.3 Å². The second kappa shape index (κ2) is 6.37. The highest BCUT2D eigenvalue weighted by atomic mass is 19.1. The standard InChI is InChI=1S/C13H11FN4O2/c14-10-4-2-9(3-5-10)8-17-11(19)12(20)18-13-15-6-1-7-16-13/h1-7H,8H2,(H,17,19)(H,15,16,18,20). The summed E-state index contributed by atoms with van der Waals surface area (Å²) < 4.78 is 12.7. The van der Waals surface area contributed by atoms with Crippen molar-refractivity contribution < 1.29 is 14.0 Å². The number of anilines is 1. The Kier molecular flexibility index (Phi) is 4.33. The summed E-state index contributed by atoms with van der Waals surface area (Å²) in [4.78, 5) is 30.6. The Bertz CT molecular complexity index is 602. The number of hydrogen-bond donors (Lipinski definition) is 2. The molecule has 0 bridgehead atoms. The zero-order chi connectivity index (χ0) is 14.4. The SMILES string of the molecule is O=C(NCc1ccc(F)cc1)C(=O)Nc1ncccn1. The summed E-state index contributed by atoms with van der Waals surface area (Å²) in [5.41, 5.74) is 0.684. The highest BCUT2D eigenvalue weighted by Crippen LogP contribution is 2.02. The fourth-order valence-corrected chi connectivity index (χ4v) is 1.39. The molecule has 0 saturated carbocycles. The van der Waals surface area contributed by atoms with Gasteiger partial charge in [-0.15, -0.1) is 0 Å². The summed E-state index contributed by atoms with van der Waals surface area (Å²) in [6, 6.07) is 7.19. The number of rotatable bonds is 3. The van der Waals surface area contributed by atoms with Gasteiger partial charge in [0, 0.05) is 18.9 Å². The lowest BCUT2D eigenvalue weighted by molar-refractivity contribution is -0.136. The number of amides is 2. The normalized spacial score (nSPS) is 9.85. The van der Waals surface area contributed by atoms with Gasteiger partial charge in [-0.2, -0.15) is 0 Å². The first kappa shape index (κ1) is 13.6. The van der Waals surface area contributed by atoms with Gasteiger partial charge in [-0.1, -0.05) is 12.1 Å². The molecule has 2 N–H and O–H groups in total. The number of benzene rings is 1. The second-order valence-electron chi connectivity index (χ2n) is 3.84. The van der Waals surface area contributed by atoms with Gasteiger partial charge in [0.05, 0.1) is 0 Å². The first-order chi connectivity index (χ1) is 9.65. The van der Waals surface area contributed by atoms with E-state index < -0.39 is 11.8 Å². The van der Waals surface area contributed by atoms with Crippen molar-refractivity contribution in [1.82, 2.24) is 15.3 Å². The van der Waals surface area contributed by atoms with Gasteiger partial charge in [-0.3, -0.25) is 14.9 Å². The molecule has 0 aliphatic heterocycles. The molecule has 0 fully saturated rings. The molecule has 7 heteroatoms. The van der Waals surface area contributed by atoms with Crippen molar-refractivity contribution >= 4 is 17.8 Å². The summed E-state index contributed by atoms with van der Waals surface area (Å²) in [5.74, 6) is -1.99. The monoisotopic (exact) mass is 274 g/mol. The molecule has 2 rings (SSSR count). The molecule has 1 heterocycles. The summed E-state index contributed by atoms with van der Waals surface area (Å²) >= 11 is 0. The molecule has 1 aromatic carbocycles. The van der Waals surface area contributed by atoms with Crippen LogP contribution in [-0.4, -0.2) is 21.8 Å².